The molecule has 1 atom stereocenters. The zero-order valence-corrected chi connectivity index (χ0v) is 18.7. The molecule has 1 saturated heterocycles. The van der Waals surface area contributed by atoms with Crippen LogP contribution in [0.3, 0.4) is 0 Å². The number of aromatic nitrogens is 2. The van der Waals surface area contributed by atoms with E-state index in [1.165, 1.54) is 12.8 Å². The van der Waals surface area contributed by atoms with Crippen LogP contribution in [-0.4, -0.2) is 45.4 Å². The Morgan fingerprint density at radius 3 is 2.94 bits per heavy atom. The zero-order valence-electron chi connectivity index (χ0n) is 18.7. The summed E-state index contributed by atoms with van der Waals surface area (Å²) in [6.45, 7) is 9.88. The third-order valence-electron chi connectivity index (χ3n) is 6.09. The number of imidazole rings is 1. The number of rotatable bonds is 7. The fourth-order valence-corrected chi connectivity index (χ4v) is 4.19. The summed E-state index contributed by atoms with van der Waals surface area (Å²) in [5.41, 5.74) is 2.27. The first-order valence-corrected chi connectivity index (χ1v) is 11.1. The topological polar surface area (TPSA) is 58.9 Å². The quantitative estimate of drug-likeness (QED) is 0.624. The highest BCUT2D eigenvalue weighted by Gasteiger charge is 2.30. The first-order valence-electron chi connectivity index (χ1n) is 11.1. The number of carbonyl (C=O) groups excluding carboxylic acids is 1. The summed E-state index contributed by atoms with van der Waals surface area (Å²) in [7, 11) is 0. The monoisotopic (exact) mass is 420 g/mol. The lowest BCUT2D eigenvalue weighted by Crippen LogP contribution is -2.54. The van der Waals surface area contributed by atoms with E-state index in [-0.39, 0.29) is 11.4 Å². The smallest absolute Gasteiger partial charge is 0.251 e. The van der Waals surface area contributed by atoms with Crippen molar-refractivity contribution in [1.29, 1.82) is 0 Å². The van der Waals surface area contributed by atoms with Gasteiger partial charge in [-0.1, -0.05) is 19.1 Å². The third-order valence-corrected chi connectivity index (χ3v) is 6.09. The summed E-state index contributed by atoms with van der Waals surface area (Å²) in [5, 5.41) is 3.12. The van der Waals surface area contributed by atoms with E-state index in [9.17, 15) is 4.79 Å². The van der Waals surface area contributed by atoms with Crippen molar-refractivity contribution < 1.29 is 9.53 Å². The molecule has 0 bridgehead atoms. The molecule has 4 rings (SSSR count). The summed E-state index contributed by atoms with van der Waals surface area (Å²) in [6.07, 6.45) is 6.43. The van der Waals surface area contributed by atoms with Gasteiger partial charge in [-0.2, -0.15) is 0 Å². The second-order valence-electron chi connectivity index (χ2n) is 9.20. The predicted molar refractivity (Wildman–Crippen MR) is 122 cm³/mol. The summed E-state index contributed by atoms with van der Waals surface area (Å²) >= 11 is 0. The second-order valence-corrected chi connectivity index (χ2v) is 9.20. The third kappa shape index (κ3) is 5.25. The Morgan fingerprint density at radius 1 is 1.26 bits per heavy atom. The van der Waals surface area contributed by atoms with Crippen LogP contribution >= 0.6 is 0 Å². The molecule has 1 amide bonds. The molecule has 1 aromatic carbocycles. The van der Waals surface area contributed by atoms with Gasteiger partial charge >= 0.3 is 0 Å². The molecular formula is C25H32N4O2. The number of likely N-dealkylation sites (tertiary alicyclic amines) is 1. The van der Waals surface area contributed by atoms with Gasteiger partial charge in [-0.25, -0.2) is 4.98 Å². The Labute approximate surface area is 184 Å². The molecule has 3 heterocycles. The molecule has 0 spiro atoms. The van der Waals surface area contributed by atoms with E-state index in [1.807, 2.05) is 53.2 Å². The Morgan fingerprint density at radius 2 is 2.13 bits per heavy atom. The van der Waals surface area contributed by atoms with Gasteiger partial charge in [-0.05, 0) is 69.5 Å². The fourth-order valence-electron chi connectivity index (χ4n) is 4.19. The van der Waals surface area contributed by atoms with Crippen LogP contribution in [0.1, 0.15) is 49.7 Å². The number of nitrogens with zero attached hydrogens (tertiary/aromatic N) is 3. The van der Waals surface area contributed by atoms with Crippen LogP contribution in [0, 0.1) is 5.92 Å². The molecule has 1 aliphatic rings. The highest BCUT2D eigenvalue weighted by Crippen LogP contribution is 2.23. The van der Waals surface area contributed by atoms with Gasteiger partial charge < -0.3 is 14.5 Å². The fraction of sp³-hybridized carbons (Fsp3) is 0.440. The molecule has 1 N–H and O–H groups in total. The molecular weight excluding hydrogens is 388 g/mol. The molecule has 6 heteroatoms. The lowest BCUT2D eigenvalue weighted by molar-refractivity contribution is 0.0657. The standard InChI is InChI=1S/C25H32N4O2/c1-19-8-7-13-29(15-19)25(2,3)18-26-24(30)20-9-6-10-22(14-20)31-17-21-16-28-12-5-4-11-23(28)27-21/h4-6,9-12,14,16,19H,7-8,13,15,17-18H2,1-3H3,(H,26,30). The minimum atomic E-state index is -0.0729. The van der Waals surface area contributed by atoms with Crippen LogP contribution in [-0.2, 0) is 6.61 Å². The van der Waals surface area contributed by atoms with E-state index in [0.717, 1.165) is 24.4 Å². The summed E-state index contributed by atoms with van der Waals surface area (Å²) < 4.78 is 7.87. The average molecular weight is 421 g/mol. The normalized spacial score (nSPS) is 17.6. The summed E-state index contributed by atoms with van der Waals surface area (Å²) in [4.78, 5) is 19.8. The zero-order chi connectivity index (χ0) is 21.8. The Kier molecular flexibility index (Phi) is 6.28. The van der Waals surface area contributed by atoms with Crippen LogP contribution < -0.4 is 10.1 Å². The molecule has 0 aliphatic carbocycles. The number of carbonyl (C=O) groups is 1. The first kappa shape index (κ1) is 21.4. The molecule has 6 nitrogen and oxygen atoms in total. The van der Waals surface area contributed by atoms with Crippen molar-refractivity contribution in [2.24, 2.45) is 5.92 Å². The summed E-state index contributed by atoms with van der Waals surface area (Å²) in [6, 6.07) is 13.2. The average Bonchev–Trinajstić information content (AvgIpc) is 3.19. The molecule has 1 aliphatic heterocycles. The van der Waals surface area contributed by atoms with Crippen molar-refractivity contribution in [1.82, 2.24) is 19.6 Å². The van der Waals surface area contributed by atoms with Gasteiger partial charge in [0, 0.05) is 36.6 Å². The highest BCUT2D eigenvalue weighted by atomic mass is 16.5. The number of amides is 1. The number of hydrogen-bond donors (Lipinski definition) is 1. The maximum absolute atomic E-state index is 12.8. The molecule has 3 aromatic rings. The van der Waals surface area contributed by atoms with Gasteiger partial charge in [0.1, 0.15) is 18.0 Å². The van der Waals surface area contributed by atoms with Crippen LogP contribution in [0.5, 0.6) is 5.75 Å². The minimum Gasteiger partial charge on any atom is -0.487 e. The second kappa shape index (κ2) is 9.10. The Bertz CT molecular complexity index is 1010. The maximum atomic E-state index is 12.8. The Balaban J connectivity index is 1.34. The molecule has 31 heavy (non-hydrogen) atoms. The van der Waals surface area contributed by atoms with E-state index in [4.69, 9.17) is 4.74 Å². The van der Waals surface area contributed by atoms with E-state index < -0.39 is 0 Å². The lowest BCUT2D eigenvalue weighted by Gasteiger charge is -2.43. The summed E-state index contributed by atoms with van der Waals surface area (Å²) in [5.74, 6) is 1.30. The molecule has 1 unspecified atom stereocenters. The van der Waals surface area contributed by atoms with Gasteiger partial charge in [-0.3, -0.25) is 9.69 Å². The first-order chi connectivity index (χ1) is 14.9. The van der Waals surface area contributed by atoms with E-state index in [1.54, 1.807) is 6.07 Å². The van der Waals surface area contributed by atoms with Crippen molar-refractivity contribution in [3.05, 3.63) is 66.1 Å². The highest BCUT2D eigenvalue weighted by molar-refractivity contribution is 5.94. The van der Waals surface area contributed by atoms with Crippen LogP contribution in [0.25, 0.3) is 5.65 Å². The maximum Gasteiger partial charge on any atom is 0.251 e. The largest absolute Gasteiger partial charge is 0.487 e. The van der Waals surface area contributed by atoms with Gasteiger partial charge in [0.15, 0.2) is 0 Å². The van der Waals surface area contributed by atoms with Crippen LogP contribution in [0.4, 0.5) is 0 Å². The minimum absolute atomic E-state index is 0.0679. The van der Waals surface area contributed by atoms with E-state index in [0.29, 0.717) is 30.4 Å². The van der Waals surface area contributed by atoms with Crippen LogP contribution in [0.15, 0.2) is 54.9 Å². The molecule has 164 valence electrons. The SMILES string of the molecule is CC1CCCN(C(C)(C)CNC(=O)c2cccc(OCc3cn4ccccc4n3)c2)C1. The van der Waals surface area contributed by atoms with Crippen molar-refractivity contribution in [2.75, 3.05) is 19.6 Å². The number of ether oxygens (including phenoxy) is 1. The number of nitrogens with one attached hydrogen (secondary N) is 1. The number of benzene rings is 1. The lowest BCUT2D eigenvalue weighted by atomic mass is 9.93. The van der Waals surface area contributed by atoms with E-state index in [2.05, 4.69) is 36.0 Å². The van der Waals surface area contributed by atoms with Crippen molar-refractivity contribution in [2.45, 2.75) is 45.8 Å². The van der Waals surface area contributed by atoms with Crippen molar-refractivity contribution in [3.63, 3.8) is 0 Å². The van der Waals surface area contributed by atoms with E-state index >= 15 is 0 Å². The number of pyridine rings is 1. The number of piperidine rings is 1. The van der Waals surface area contributed by atoms with Gasteiger partial charge in [0.05, 0.1) is 5.69 Å². The Hall–Kier alpha value is -2.86. The van der Waals surface area contributed by atoms with Gasteiger partial charge in [0.2, 0.25) is 0 Å². The molecule has 1 fully saturated rings. The van der Waals surface area contributed by atoms with Crippen molar-refractivity contribution >= 4 is 11.6 Å². The number of hydrogen-bond acceptors (Lipinski definition) is 4. The predicted octanol–water partition coefficient (Wildman–Crippen LogP) is 4.15. The molecule has 2 aromatic heterocycles. The molecule has 0 saturated carbocycles. The van der Waals surface area contributed by atoms with Gasteiger partial charge in [0.25, 0.3) is 5.91 Å². The van der Waals surface area contributed by atoms with Crippen LogP contribution in [0.2, 0.25) is 0 Å². The van der Waals surface area contributed by atoms with Crippen molar-refractivity contribution in [3.8, 4) is 5.75 Å². The molecule has 0 radical (unpaired) electrons. The van der Waals surface area contributed by atoms with Gasteiger partial charge in [-0.15, -0.1) is 0 Å². The number of fused-ring (bicyclic) bond motifs is 1.